The Balaban J connectivity index is 2.52. The molecular weight excluding hydrogens is 244 g/mol. The van der Waals surface area contributed by atoms with Crippen LogP contribution >= 0.6 is 23.6 Å². The fourth-order valence-electron chi connectivity index (χ4n) is 2.84. The van der Waals surface area contributed by atoms with Crippen LogP contribution < -0.4 is 0 Å². The quantitative estimate of drug-likeness (QED) is 0.670. The molecule has 0 spiro atoms. The summed E-state index contributed by atoms with van der Waals surface area (Å²) in [5, 5.41) is 0. The summed E-state index contributed by atoms with van der Waals surface area (Å²) in [7, 11) is 0. The Labute approximate surface area is 114 Å². The van der Waals surface area contributed by atoms with Crippen LogP contribution in [0.2, 0.25) is 0 Å². The van der Waals surface area contributed by atoms with E-state index in [1.807, 2.05) is 11.3 Å². The second-order valence-corrected chi connectivity index (χ2v) is 6.73. The van der Waals surface area contributed by atoms with Crippen molar-refractivity contribution in [3.05, 3.63) is 25.4 Å². The maximum atomic E-state index is 5.62. The fourth-order valence-corrected chi connectivity index (χ4v) is 4.59. The average molecular weight is 266 g/mol. The lowest BCUT2D eigenvalue weighted by Gasteiger charge is -2.22. The maximum absolute atomic E-state index is 5.62. The van der Waals surface area contributed by atoms with Crippen molar-refractivity contribution in [1.82, 2.24) is 0 Å². The monoisotopic (exact) mass is 266 g/mol. The smallest absolute Gasteiger partial charge is 0.0936 e. The van der Waals surface area contributed by atoms with Crippen molar-refractivity contribution in [3.63, 3.8) is 0 Å². The van der Waals surface area contributed by atoms with Gasteiger partial charge < -0.3 is 0 Å². The molecule has 1 aliphatic carbocycles. The van der Waals surface area contributed by atoms with Gasteiger partial charge in [-0.3, -0.25) is 0 Å². The molecule has 2 rings (SSSR count). The van der Waals surface area contributed by atoms with Gasteiger partial charge in [0.2, 0.25) is 0 Å². The third-order valence-corrected chi connectivity index (χ3v) is 5.23. The van der Waals surface area contributed by atoms with Crippen molar-refractivity contribution in [2.75, 3.05) is 0 Å². The predicted molar refractivity (Wildman–Crippen MR) is 79.8 cm³/mol. The molecule has 94 valence electrons. The third kappa shape index (κ3) is 2.79. The number of hydrogen-bond acceptors (Lipinski definition) is 2. The van der Waals surface area contributed by atoms with E-state index in [4.69, 9.17) is 12.2 Å². The second kappa shape index (κ2) is 6.10. The molecule has 0 fully saturated rings. The summed E-state index contributed by atoms with van der Waals surface area (Å²) in [6.07, 6.45) is 10.2. The molecule has 1 heterocycles. The molecule has 0 aromatic carbocycles. The average Bonchev–Trinajstić information content (AvgIpc) is 2.34. The van der Waals surface area contributed by atoms with Crippen LogP contribution in [0.1, 0.15) is 61.1 Å². The van der Waals surface area contributed by atoms with Gasteiger partial charge in [0.25, 0.3) is 0 Å². The highest BCUT2D eigenvalue weighted by atomic mass is 32.1. The summed E-state index contributed by atoms with van der Waals surface area (Å²) in [6.45, 7) is 4.53. The van der Waals surface area contributed by atoms with E-state index in [1.165, 1.54) is 60.8 Å². The Morgan fingerprint density at radius 3 is 2.29 bits per heavy atom. The Hall–Kier alpha value is -0.210. The van der Waals surface area contributed by atoms with Crippen LogP contribution in [0.25, 0.3) is 0 Å². The van der Waals surface area contributed by atoms with E-state index < -0.39 is 0 Å². The zero-order valence-corrected chi connectivity index (χ0v) is 12.6. The van der Waals surface area contributed by atoms with Gasteiger partial charge in [-0.05, 0) is 55.2 Å². The lowest BCUT2D eigenvalue weighted by Crippen LogP contribution is -2.09. The zero-order valence-electron chi connectivity index (χ0n) is 11.0. The third-order valence-electron chi connectivity index (χ3n) is 3.61. The largest absolute Gasteiger partial charge is 0.128 e. The molecule has 0 nitrogen and oxygen atoms in total. The van der Waals surface area contributed by atoms with E-state index in [1.54, 1.807) is 16.0 Å². The molecule has 1 aromatic heterocycles. The number of hydrogen-bond donors (Lipinski definition) is 0. The van der Waals surface area contributed by atoms with E-state index >= 15 is 0 Å². The molecule has 1 aromatic rings. The molecule has 0 atom stereocenters. The minimum atomic E-state index is 1.18. The van der Waals surface area contributed by atoms with Crippen molar-refractivity contribution in [2.45, 2.75) is 65.2 Å². The molecule has 0 bridgehead atoms. The van der Waals surface area contributed by atoms with Crippen LogP contribution in [-0.4, -0.2) is 0 Å². The number of rotatable bonds is 4. The first-order valence-corrected chi connectivity index (χ1v) is 8.17. The van der Waals surface area contributed by atoms with E-state index in [-0.39, 0.29) is 0 Å². The molecule has 1 aliphatic rings. The van der Waals surface area contributed by atoms with Crippen molar-refractivity contribution in [2.24, 2.45) is 0 Å². The minimum absolute atomic E-state index is 1.18. The first kappa shape index (κ1) is 13.2. The van der Waals surface area contributed by atoms with Crippen LogP contribution in [0.15, 0.2) is 0 Å². The van der Waals surface area contributed by atoms with Crippen LogP contribution in [0, 0.1) is 3.82 Å². The molecule has 0 N–H and O–H groups in total. The lowest BCUT2D eigenvalue weighted by molar-refractivity contribution is 0.671. The Bertz CT molecular complexity index is 443. The van der Waals surface area contributed by atoms with Crippen LogP contribution in [-0.2, 0) is 25.7 Å². The van der Waals surface area contributed by atoms with Gasteiger partial charge in [-0.2, -0.15) is 0 Å². The second-order valence-electron chi connectivity index (χ2n) is 4.96. The molecule has 0 saturated carbocycles. The maximum Gasteiger partial charge on any atom is 0.0936 e. The zero-order chi connectivity index (χ0) is 12.3. The minimum Gasteiger partial charge on any atom is -0.128 e. The highest BCUT2D eigenvalue weighted by Crippen LogP contribution is 2.33. The van der Waals surface area contributed by atoms with Crippen molar-refractivity contribution in [1.29, 1.82) is 0 Å². The summed E-state index contributed by atoms with van der Waals surface area (Å²) in [5.41, 5.74) is 4.84. The first-order valence-electron chi connectivity index (χ1n) is 6.94. The highest BCUT2D eigenvalue weighted by molar-refractivity contribution is 7.73. The van der Waals surface area contributed by atoms with Gasteiger partial charge in [-0.15, -0.1) is 11.3 Å². The van der Waals surface area contributed by atoms with Crippen LogP contribution in [0.4, 0.5) is 0 Å². The molecule has 0 amide bonds. The molecule has 0 aliphatic heterocycles. The first-order chi connectivity index (χ1) is 8.27. The van der Waals surface area contributed by atoms with Crippen molar-refractivity contribution < 1.29 is 0 Å². The predicted octanol–water partition coefficient (Wildman–Crippen LogP) is 5.26. The van der Waals surface area contributed by atoms with Gasteiger partial charge in [0.15, 0.2) is 0 Å². The van der Waals surface area contributed by atoms with Crippen molar-refractivity contribution in [3.8, 4) is 0 Å². The SMILES string of the molecule is CCCc1sc(=S)c(CCC)c2c1CCCC2. The van der Waals surface area contributed by atoms with Crippen LogP contribution in [0.5, 0.6) is 0 Å². The summed E-state index contributed by atoms with van der Waals surface area (Å²) in [6, 6.07) is 0. The lowest BCUT2D eigenvalue weighted by atomic mass is 9.88. The van der Waals surface area contributed by atoms with E-state index in [9.17, 15) is 0 Å². The van der Waals surface area contributed by atoms with Crippen molar-refractivity contribution >= 4 is 23.6 Å². The Morgan fingerprint density at radius 1 is 1.00 bits per heavy atom. The summed E-state index contributed by atoms with van der Waals surface area (Å²) < 4.78 is 1.18. The molecule has 0 saturated heterocycles. The van der Waals surface area contributed by atoms with E-state index in [0.717, 1.165) is 0 Å². The standard InChI is InChI=1S/C15H22S2/c1-3-7-13-11-9-5-6-10-12(11)14(8-4-2)17-15(13)16/h3-10H2,1-2H3. The summed E-state index contributed by atoms with van der Waals surface area (Å²) in [4.78, 5) is 1.59. The summed E-state index contributed by atoms with van der Waals surface area (Å²) >= 11 is 7.52. The summed E-state index contributed by atoms with van der Waals surface area (Å²) in [5.74, 6) is 0. The van der Waals surface area contributed by atoms with Gasteiger partial charge in [0.05, 0.1) is 3.82 Å². The van der Waals surface area contributed by atoms with Gasteiger partial charge in [0.1, 0.15) is 0 Å². The Kier molecular flexibility index (Phi) is 4.75. The van der Waals surface area contributed by atoms with E-state index in [0.29, 0.717) is 0 Å². The normalized spacial score (nSPS) is 14.7. The highest BCUT2D eigenvalue weighted by Gasteiger charge is 2.18. The Morgan fingerprint density at radius 2 is 1.65 bits per heavy atom. The van der Waals surface area contributed by atoms with Gasteiger partial charge >= 0.3 is 0 Å². The number of aryl methyl sites for hydroxylation is 1. The topological polar surface area (TPSA) is 0 Å². The van der Waals surface area contributed by atoms with E-state index in [2.05, 4.69) is 13.8 Å². The van der Waals surface area contributed by atoms with Gasteiger partial charge in [0, 0.05) is 4.88 Å². The molecule has 0 radical (unpaired) electrons. The molecule has 0 unspecified atom stereocenters. The van der Waals surface area contributed by atoms with Crippen LogP contribution in [0.3, 0.4) is 0 Å². The molecule has 2 heteroatoms. The number of fused-ring (bicyclic) bond motifs is 1. The fraction of sp³-hybridized carbons (Fsp3) is 0.667. The van der Waals surface area contributed by atoms with Gasteiger partial charge in [-0.25, -0.2) is 0 Å². The molecular formula is C15H22S2. The van der Waals surface area contributed by atoms with Gasteiger partial charge in [-0.1, -0.05) is 38.9 Å². The molecule has 17 heavy (non-hydrogen) atoms.